The largest absolute Gasteiger partial charge is 0.0654 e. The summed E-state index contributed by atoms with van der Waals surface area (Å²) in [6.45, 7) is 9.61. The second-order valence-electron chi connectivity index (χ2n) is 6.93. The van der Waals surface area contributed by atoms with E-state index in [2.05, 4.69) is 27.7 Å². The lowest BCUT2D eigenvalue weighted by Gasteiger charge is -2.32. The molecule has 1 atom stereocenters. The third-order valence-corrected chi connectivity index (χ3v) is 4.51. The summed E-state index contributed by atoms with van der Waals surface area (Å²) >= 11 is 0. The molecule has 0 aromatic carbocycles. The molecule has 0 aromatic heterocycles. The Balaban J connectivity index is 2.31. The summed E-state index contributed by atoms with van der Waals surface area (Å²) in [4.78, 5) is 0. The third kappa shape index (κ3) is 4.89. The topological polar surface area (TPSA) is 0 Å². The molecule has 0 nitrogen and oxygen atoms in total. The van der Waals surface area contributed by atoms with E-state index in [1.165, 1.54) is 57.8 Å². The van der Waals surface area contributed by atoms with Crippen LogP contribution in [0.4, 0.5) is 0 Å². The number of rotatable bonds is 5. The molecule has 96 valence electrons. The SMILES string of the molecule is CCCC(CCC1CCCCC1)C(C)(C)C. The molecule has 0 bridgehead atoms. The molecule has 0 saturated heterocycles. The van der Waals surface area contributed by atoms with Crippen LogP contribution in [0.2, 0.25) is 0 Å². The summed E-state index contributed by atoms with van der Waals surface area (Å²) in [5.74, 6) is 2.01. The molecule has 0 aromatic rings. The average Bonchev–Trinajstić information content (AvgIpc) is 2.24. The van der Waals surface area contributed by atoms with Crippen molar-refractivity contribution in [1.82, 2.24) is 0 Å². The van der Waals surface area contributed by atoms with E-state index in [-0.39, 0.29) is 0 Å². The van der Waals surface area contributed by atoms with E-state index in [1.54, 1.807) is 0 Å². The van der Waals surface area contributed by atoms with E-state index >= 15 is 0 Å². The molecule has 1 aliphatic rings. The Kier molecular flexibility index (Phi) is 5.86. The molecule has 16 heavy (non-hydrogen) atoms. The number of hydrogen-bond donors (Lipinski definition) is 0. The zero-order valence-electron chi connectivity index (χ0n) is 12.0. The lowest BCUT2D eigenvalue weighted by atomic mass is 9.73. The Morgan fingerprint density at radius 2 is 1.62 bits per heavy atom. The van der Waals surface area contributed by atoms with Crippen molar-refractivity contribution >= 4 is 0 Å². The summed E-state index contributed by atoms with van der Waals surface area (Å²) in [5.41, 5.74) is 0.519. The highest BCUT2D eigenvalue weighted by molar-refractivity contribution is 4.76. The van der Waals surface area contributed by atoms with Gasteiger partial charge in [0.15, 0.2) is 0 Å². The number of hydrogen-bond acceptors (Lipinski definition) is 0. The Bertz CT molecular complexity index is 169. The molecule has 0 radical (unpaired) electrons. The van der Waals surface area contributed by atoms with Crippen molar-refractivity contribution in [1.29, 1.82) is 0 Å². The van der Waals surface area contributed by atoms with Crippen molar-refractivity contribution in [2.24, 2.45) is 17.3 Å². The summed E-state index contributed by atoms with van der Waals surface area (Å²) in [6, 6.07) is 0. The van der Waals surface area contributed by atoms with Crippen LogP contribution in [-0.2, 0) is 0 Å². The van der Waals surface area contributed by atoms with Crippen LogP contribution in [0.25, 0.3) is 0 Å². The van der Waals surface area contributed by atoms with E-state index in [0.29, 0.717) is 5.41 Å². The van der Waals surface area contributed by atoms with Crippen molar-refractivity contribution in [3.05, 3.63) is 0 Å². The van der Waals surface area contributed by atoms with Crippen LogP contribution < -0.4 is 0 Å². The normalized spacial score (nSPS) is 21.0. The van der Waals surface area contributed by atoms with Crippen molar-refractivity contribution in [2.45, 2.75) is 85.5 Å². The van der Waals surface area contributed by atoms with E-state index in [0.717, 1.165) is 11.8 Å². The van der Waals surface area contributed by atoms with Gasteiger partial charge >= 0.3 is 0 Å². The van der Waals surface area contributed by atoms with Crippen molar-refractivity contribution in [2.75, 3.05) is 0 Å². The second-order valence-corrected chi connectivity index (χ2v) is 6.93. The van der Waals surface area contributed by atoms with Gasteiger partial charge in [0.05, 0.1) is 0 Å². The second kappa shape index (κ2) is 6.67. The molecule has 0 spiro atoms. The predicted molar refractivity (Wildman–Crippen MR) is 73.7 cm³/mol. The van der Waals surface area contributed by atoms with Crippen LogP contribution in [0.5, 0.6) is 0 Å². The highest BCUT2D eigenvalue weighted by Crippen LogP contribution is 2.36. The quantitative estimate of drug-likeness (QED) is 0.553. The summed E-state index contributed by atoms with van der Waals surface area (Å²) in [5, 5.41) is 0. The third-order valence-electron chi connectivity index (χ3n) is 4.51. The molecule has 0 amide bonds. The van der Waals surface area contributed by atoms with Crippen LogP contribution in [0.1, 0.15) is 85.5 Å². The molecule has 1 rings (SSSR count). The Hall–Kier alpha value is 0. The monoisotopic (exact) mass is 224 g/mol. The Labute approximate surface area is 103 Å². The van der Waals surface area contributed by atoms with E-state index < -0.39 is 0 Å². The van der Waals surface area contributed by atoms with Crippen LogP contribution in [0, 0.1) is 17.3 Å². The van der Waals surface area contributed by atoms with E-state index in [9.17, 15) is 0 Å². The molecule has 0 aliphatic heterocycles. The molecule has 1 unspecified atom stereocenters. The minimum absolute atomic E-state index is 0.519. The first-order valence-corrected chi connectivity index (χ1v) is 7.54. The fraction of sp³-hybridized carbons (Fsp3) is 1.00. The summed E-state index contributed by atoms with van der Waals surface area (Å²) in [7, 11) is 0. The minimum Gasteiger partial charge on any atom is -0.0654 e. The van der Waals surface area contributed by atoms with Gasteiger partial charge in [-0.1, -0.05) is 79.1 Å². The highest BCUT2D eigenvalue weighted by atomic mass is 14.3. The zero-order valence-corrected chi connectivity index (χ0v) is 12.0. The van der Waals surface area contributed by atoms with Crippen LogP contribution in [0.3, 0.4) is 0 Å². The molecule has 1 saturated carbocycles. The first-order valence-electron chi connectivity index (χ1n) is 7.54. The van der Waals surface area contributed by atoms with Gasteiger partial charge in [0.1, 0.15) is 0 Å². The van der Waals surface area contributed by atoms with Gasteiger partial charge in [0.25, 0.3) is 0 Å². The fourth-order valence-corrected chi connectivity index (χ4v) is 3.27. The molecule has 1 fully saturated rings. The van der Waals surface area contributed by atoms with Gasteiger partial charge < -0.3 is 0 Å². The molecule has 0 heterocycles. The van der Waals surface area contributed by atoms with Gasteiger partial charge in [-0.05, 0) is 23.7 Å². The summed E-state index contributed by atoms with van der Waals surface area (Å²) < 4.78 is 0. The maximum absolute atomic E-state index is 2.42. The lowest BCUT2D eigenvalue weighted by molar-refractivity contribution is 0.187. The van der Waals surface area contributed by atoms with Gasteiger partial charge in [-0.25, -0.2) is 0 Å². The van der Waals surface area contributed by atoms with Crippen molar-refractivity contribution < 1.29 is 0 Å². The van der Waals surface area contributed by atoms with Crippen molar-refractivity contribution in [3.8, 4) is 0 Å². The zero-order chi connectivity index (χ0) is 12.0. The average molecular weight is 224 g/mol. The Morgan fingerprint density at radius 3 is 2.12 bits per heavy atom. The smallest absolute Gasteiger partial charge is 0.0354 e. The van der Waals surface area contributed by atoms with Crippen LogP contribution in [0.15, 0.2) is 0 Å². The van der Waals surface area contributed by atoms with Crippen LogP contribution >= 0.6 is 0 Å². The fourth-order valence-electron chi connectivity index (χ4n) is 3.27. The molecule has 0 heteroatoms. The van der Waals surface area contributed by atoms with E-state index in [4.69, 9.17) is 0 Å². The van der Waals surface area contributed by atoms with Gasteiger partial charge in [0, 0.05) is 0 Å². The van der Waals surface area contributed by atoms with Gasteiger partial charge in [-0.15, -0.1) is 0 Å². The molecule has 1 aliphatic carbocycles. The first-order chi connectivity index (χ1) is 7.54. The van der Waals surface area contributed by atoms with Crippen LogP contribution in [-0.4, -0.2) is 0 Å². The summed E-state index contributed by atoms with van der Waals surface area (Å²) in [6.07, 6.45) is 13.3. The van der Waals surface area contributed by atoms with Crippen molar-refractivity contribution in [3.63, 3.8) is 0 Å². The standard InChI is InChI=1S/C16H32/c1-5-9-15(16(2,3)4)13-12-14-10-7-6-8-11-14/h14-15H,5-13H2,1-4H3. The Morgan fingerprint density at radius 1 is 1.00 bits per heavy atom. The predicted octanol–water partition coefficient (Wildman–Crippen LogP) is 5.81. The molecular weight excluding hydrogens is 192 g/mol. The maximum Gasteiger partial charge on any atom is -0.0354 e. The highest BCUT2D eigenvalue weighted by Gasteiger charge is 2.24. The molecule has 0 N–H and O–H groups in total. The maximum atomic E-state index is 2.42. The lowest BCUT2D eigenvalue weighted by Crippen LogP contribution is -2.21. The first kappa shape index (κ1) is 14.1. The van der Waals surface area contributed by atoms with Gasteiger partial charge in [0.2, 0.25) is 0 Å². The van der Waals surface area contributed by atoms with E-state index in [1.807, 2.05) is 0 Å². The molecular formula is C16H32. The van der Waals surface area contributed by atoms with Gasteiger partial charge in [-0.3, -0.25) is 0 Å². The van der Waals surface area contributed by atoms with Gasteiger partial charge in [-0.2, -0.15) is 0 Å². The minimum atomic E-state index is 0.519.